The van der Waals surface area contributed by atoms with E-state index in [1.54, 1.807) is 15.9 Å². The normalized spacial score (nSPS) is 14.0. The van der Waals surface area contributed by atoms with E-state index in [1.807, 2.05) is 0 Å². The van der Waals surface area contributed by atoms with E-state index in [4.69, 9.17) is 5.11 Å². The Hall–Kier alpha value is -1.97. The highest BCUT2D eigenvalue weighted by Gasteiger charge is 2.24. The van der Waals surface area contributed by atoms with Crippen LogP contribution in [0.5, 0.6) is 0 Å². The molecule has 0 aromatic heterocycles. The topological polar surface area (TPSA) is 113 Å². The first kappa shape index (κ1) is 15.4. The van der Waals surface area contributed by atoms with Gasteiger partial charge in [0, 0.05) is 19.2 Å². The summed E-state index contributed by atoms with van der Waals surface area (Å²) in [4.78, 5) is 29.4. The van der Waals surface area contributed by atoms with Crippen LogP contribution in [0.2, 0.25) is 0 Å². The number of carbonyl (C=O) groups is 2. The molecule has 0 saturated carbocycles. The van der Waals surface area contributed by atoms with Gasteiger partial charge >= 0.3 is 5.97 Å². The van der Waals surface area contributed by atoms with E-state index in [2.05, 4.69) is 4.84 Å². The maximum absolute atomic E-state index is 11.9. The second-order valence-electron chi connectivity index (χ2n) is 4.48. The van der Waals surface area contributed by atoms with Crippen molar-refractivity contribution >= 4 is 27.6 Å². The Morgan fingerprint density at radius 1 is 1.43 bits per heavy atom. The number of nitrogens with one attached hydrogen (secondary N) is 1. The van der Waals surface area contributed by atoms with Crippen molar-refractivity contribution in [2.75, 3.05) is 18.1 Å². The molecule has 0 radical (unpaired) electrons. The van der Waals surface area contributed by atoms with Crippen LogP contribution in [-0.2, 0) is 30.9 Å². The third kappa shape index (κ3) is 3.38. The minimum absolute atomic E-state index is 0.0444. The van der Waals surface area contributed by atoms with Crippen molar-refractivity contribution < 1.29 is 28.0 Å². The number of rotatable bonds is 5. The lowest BCUT2D eigenvalue weighted by Crippen LogP contribution is -2.27. The van der Waals surface area contributed by atoms with E-state index in [0.717, 1.165) is 5.56 Å². The van der Waals surface area contributed by atoms with E-state index in [-0.39, 0.29) is 10.8 Å². The van der Waals surface area contributed by atoms with Gasteiger partial charge in [-0.1, -0.05) is 4.89 Å². The zero-order chi connectivity index (χ0) is 15.6. The molecule has 2 N–H and O–H groups in total. The summed E-state index contributed by atoms with van der Waals surface area (Å²) >= 11 is 0. The Bertz CT molecular complexity index is 685. The number of aliphatic carboxylic acids is 1. The van der Waals surface area contributed by atoms with Gasteiger partial charge in [-0.25, -0.2) is 13.2 Å². The van der Waals surface area contributed by atoms with Crippen molar-refractivity contribution in [2.24, 2.45) is 0 Å². The molecule has 0 spiro atoms. The molecule has 9 heteroatoms. The largest absolute Gasteiger partial charge is 0.479 e. The standard InChI is InChI=1S/C12H14N2O6S/c1-8(15)14-5-4-9-6-10(2-3-11(9)14)21(18,19)13-20-7-12(16)17/h2-3,6,13H,4-5,7H2,1H3,(H,16,17). The first-order chi connectivity index (χ1) is 9.81. The number of carboxylic acid groups (broad SMARTS) is 1. The van der Waals surface area contributed by atoms with E-state index in [1.165, 1.54) is 19.1 Å². The van der Waals surface area contributed by atoms with Crippen LogP contribution in [0.25, 0.3) is 0 Å². The third-order valence-electron chi connectivity index (χ3n) is 3.00. The smallest absolute Gasteiger partial charge is 0.331 e. The maximum atomic E-state index is 11.9. The van der Waals surface area contributed by atoms with Crippen LogP contribution in [0.1, 0.15) is 12.5 Å². The third-order valence-corrected chi connectivity index (χ3v) is 4.21. The molecule has 0 unspecified atom stereocenters. The molecule has 1 aliphatic heterocycles. The first-order valence-electron chi connectivity index (χ1n) is 6.07. The second kappa shape index (κ2) is 5.80. The fourth-order valence-corrected chi connectivity index (χ4v) is 2.94. The van der Waals surface area contributed by atoms with Crippen LogP contribution < -0.4 is 9.79 Å². The van der Waals surface area contributed by atoms with Gasteiger partial charge in [-0.05, 0) is 30.2 Å². The Labute approximate surface area is 121 Å². The molecule has 0 saturated heterocycles. The lowest BCUT2D eigenvalue weighted by atomic mass is 10.2. The number of carbonyl (C=O) groups excluding carboxylic acids is 1. The summed E-state index contributed by atoms with van der Waals surface area (Å²) in [5.41, 5.74) is 1.43. The minimum atomic E-state index is -3.95. The Balaban J connectivity index is 2.19. The van der Waals surface area contributed by atoms with Crippen LogP contribution >= 0.6 is 0 Å². The van der Waals surface area contributed by atoms with Gasteiger partial charge in [0.05, 0.1) is 4.90 Å². The number of benzene rings is 1. The average molecular weight is 314 g/mol. The van der Waals surface area contributed by atoms with Gasteiger partial charge < -0.3 is 10.0 Å². The molecule has 0 atom stereocenters. The first-order valence-corrected chi connectivity index (χ1v) is 7.56. The van der Waals surface area contributed by atoms with Crippen LogP contribution in [-0.4, -0.2) is 38.6 Å². The van der Waals surface area contributed by atoms with Crippen molar-refractivity contribution in [3.8, 4) is 0 Å². The highest BCUT2D eigenvalue weighted by molar-refractivity contribution is 7.89. The van der Waals surface area contributed by atoms with E-state index < -0.39 is 22.6 Å². The fourth-order valence-electron chi connectivity index (χ4n) is 2.09. The SMILES string of the molecule is CC(=O)N1CCc2cc(S(=O)(=O)NOCC(=O)O)ccc21. The number of amides is 1. The molecular weight excluding hydrogens is 300 g/mol. The molecule has 0 fully saturated rings. The molecule has 114 valence electrons. The maximum Gasteiger partial charge on any atom is 0.331 e. The van der Waals surface area contributed by atoms with Gasteiger partial charge in [0.25, 0.3) is 10.0 Å². The number of fused-ring (bicyclic) bond motifs is 1. The summed E-state index contributed by atoms with van der Waals surface area (Å²) in [7, 11) is -3.95. The van der Waals surface area contributed by atoms with Crippen molar-refractivity contribution in [2.45, 2.75) is 18.2 Å². The Morgan fingerprint density at radius 3 is 2.76 bits per heavy atom. The lowest BCUT2D eigenvalue weighted by molar-refractivity contribution is -0.143. The zero-order valence-corrected chi connectivity index (χ0v) is 12.0. The monoisotopic (exact) mass is 314 g/mol. The summed E-state index contributed by atoms with van der Waals surface area (Å²) in [6.45, 7) is 1.18. The summed E-state index contributed by atoms with van der Waals surface area (Å²) in [5, 5.41) is 8.39. The molecular formula is C12H14N2O6S. The van der Waals surface area contributed by atoms with Gasteiger partial charge in [0.1, 0.15) is 0 Å². The minimum Gasteiger partial charge on any atom is -0.479 e. The molecule has 8 nitrogen and oxygen atoms in total. The number of anilines is 1. The predicted octanol–water partition coefficient (Wildman–Crippen LogP) is -0.110. The molecule has 0 aliphatic carbocycles. The summed E-state index contributed by atoms with van der Waals surface area (Å²) in [6.07, 6.45) is 0.564. The molecule has 1 aromatic carbocycles. The highest BCUT2D eigenvalue weighted by Crippen LogP contribution is 2.30. The number of hydrogen-bond donors (Lipinski definition) is 2. The van der Waals surface area contributed by atoms with E-state index >= 15 is 0 Å². The Morgan fingerprint density at radius 2 is 2.14 bits per heavy atom. The lowest BCUT2D eigenvalue weighted by Gasteiger charge is -2.14. The molecule has 0 bridgehead atoms. The quantitative estimate of drug-likeness (QED) is 0.733. The van der Waals surface area contributed by atoms with Crippen molar-refractivity contribution in [1.82, 2.24) is 4.89 Å². The molecule has 1 aliphatic rings. The molecule has 1 amide bonds. The van der Waals surface area contributed by atoms with Gasteiger partial charge in [-0.15, -0.1) is 0 Å². The molecule has 2 rings (SSSR count). The van der Waals surface area contributed by atoms with Crippen molar-refractivity contribution in [3.63, 3.8) is 0 Å². The van der Waals surface area contributed by atoms with Crippen molar-refractivity contribution in [3.05, 3.63) is 23.8 Å². The van der Waals surface area contributed by atoms with Gasteiger partial charge in [-0.2, -0.15) is 0 Å². The fraction of sp³-hybridized carbons (Fsp3) is 0.333. The van der Waals surface area contributed by atoms with Gasteiger partial charge in [0.2, 0.25) is 5.91 Å². The number of sulfonamides is 1. The van der Waals surface area contributed by atoms with Gasteiger partial charge in [0.15, 0.2) is 6.61 Å². The number of nitrogens with zero attached hydrogens (tertiary/aromatic N) is 1. The van der Waals surface area contributed by atoms with Crippen molar-refractivity contribution in [1.29, 1.82) is 0 Å². The van der Waals surface area contributed by atoms with Crippen LogP contribution in [0.15, 0.2) is 23.1 Å². The number of carboxylic acids is 1. The number of hydrogen-bond acceptors (Lipinski definition) is 5. The van der Waals surface area contributed by atoms with Crippen LogP contribution in [0.3, 0.4) is 0 Å². The summed E-state index contributed by atoms with van der Waals surface area (Å²) in [6, 6.07) is 4.34. The van der Waals surface area contributed by atoms with Crippen LogP contribution in [0.4, 0.5) is 5.69 Å². The molecule has 1 aromatic rings. The predicted molar refractivity (Wildman–Crippen MR) is 72.1 cm³/mol. The van der Waals surface area contributed by atoms with Crippen LogP contribution in [0, 0.1) is 0 Å². The molecule has 1 heterocycles. The van der Waals surface area contributed by atoms with Gasteiger partial charge in [-0.3, -0.25) is 9.63 Å². The second-order valence-corrected chi connectivity index (χ2v) is 6.13. The Kier molecular flexibility index (Phi) is 4.26. The van der Waals surface area contributed by atoms with E-state index in [0.29, 0.717) is 18.7 Å². The summed E-state index contributed by atoms with van der Waals surface area (Å²) in [5.74, 6) is -1.39. The highest BCUT2D eigenvalue weighted by atomic mass is 32.2. The summed E-state index contributed by atoms with van der Waals surface area (Å²) < 4.78 is 23.8. The zero-order valence-electron chi connectivity index (χ0n) is 11.2. The average Bonchev–Trinajstić information content (AvgIpc) is 2.80. The molecule has 21 heavy (non-hydrogen) atoms. The van der Waals surface area contributed by atoms with E-state index in [9.17, 15) is 18.0 Å².